The maximum Gasteiger partial charge on any atom is 0.237 e. The Bertz CT molecular complexity index is 165. The van der Waals surface area contributed by atoms with E-state index in [-0.39, 0.29) is 36.4 Å². The Hall–Kier alpha value is -0.320. The summed E-state index contributed by atoms with van der Waals surface area (Å²) in [6.07, 6.45) is 1.57. The molecule has 0 aromatic rings. The predicted molar refractivity (Wildman–Crippen MR) is 50.0 cm³/mol. The van der Waals surface area contributed by atoms with Gasteiger partial charge in [0.2, 0.25) is 5.91 Å². The van der Waals surface area contributed by atoms with Crippen LogP contribution in [0.5, 0.6) is 0 Å². The topological polar surface area (TPSA) is 81.1 Å². The maximum atomic E-state index is 11.1. The lowest BCUT2D eigenvalue weighted by Gasteiger charge is -2.08. The molecule has 72 valence electrons. The van der Waals surface area contributed by atoms with Crippen LogP contribution in [-0.4, -0.2) is 24.0 Å². The van der Waals surface area contributed by atoms with E-state index in [0.29, 0.717) is 6.42 Å². The SMILES string of the molecule is CC[C@@H](N)C(=O)NC1CC1N.Cl. The summed E-state index contributed by atoms with van der Waals surface area (Å²) in [6, 6.07) is -0.0362. The lowest BCUT2D eigenvalue weighted by Crippen LogP contribution is -2.42. The van der Waals surface area contributed by atoms with Gasteiger partial charge in [0.1, 0.15) is 0 Å². The van der Waals surface area contributed by atoms with Crippen LogP contribution in [0.2, 0.25) is 0 Å². The highest BCUT2D eigenvalue weighted by atomic mass is 35.5. The average molecular weight is 194 g/mol. The molecule has 1 aliphatic carbocycles. The van der Waals surface area contributed by atoms with Gasteiger partial charge in [-0.05, 0) is 12.8 Å². The minimum absolute atomic E-state index is 0. The highest BCUT2D eigenvalue weighted by Crippen LogP contribution is 2.17. The van der Waals surface area contributed by atoms with Crippen LogP contribution in [0, 0.1) is 0 Å². The van der Waals surface area contributed by atoms with Crippen molar-refractivity contribution in [3.8, 4) is 0 Å². The van der Waals surface area contributed by atoms with Crippen LogP contribution < -0.4 is 16.8 Å². The van der Waals surface area contributed by atoms with Gasteiger partial charge in [0.25, 0.3) is 0 Å². The molecule has 2 unspecified atom stereocenters. The zero-order valence-electron chi connectivity index (χ0n) is 7.12. The van der Waals surface area contributed by atoms with Crippen molar-refractivity contribution in [1.82, 2.24) is 5.32 Å². The van der Waals surface area contributed by atoms with Crippen molar-refractivity contribution in [2.75, 3.05) is 0 Å². The number of halogens is 1. The van der Waals surface area contributed by atoms with Crippen molar-refractivity contribution in [2.24, 2.45) is 11.5 Å². The standard InChI is InChI=1S/C7H15N3O.ClH/c1-2-4(8)7(11)10-6-3-5(6)9;/h4-6H,2-3,8-9H2,1H3,(H,10,11);1H/t4-,5?,6?;/m1./s1. The Balaban J connectivity index is 0.00000121. The molecule has 4 nitrogen and oxygen atoms in total. The van der Waals surface area contributed by atoms with E-state index >= 15 is 0 Å². The van der Waals surface area contributed by atoms with Gasteiger partial charge in [-0.2, -0.15) is 0 Å². The molecule has 1 fully saturated rings. The van der Waals surface area contributed by atoms with Gasteiger partial charge in [-0.3, -0.25) is 4.79 Å². The van der Waals surface area contributed by atoms with Crippen molar-refractivity contribution in [3.05, 3.63) is 0 Å². The van der Waals surface area contributed by atoms with E-state index in [1.54, 1.807) is 0 Å². The first-order valence-electron chi connectivity index (χ1n) is 3.96. The number of rotatable bonds is 3. The Morgan fingerprint density at radius 3 is 2.58 bits per heavy atom. The number of carbonyl (C=O) groups is 1. The summed E-state index contributed by atoms with van der Waals surface area (Å²) >= 11 is 0. The zero-order valence-corrected chi connectivity index (χ0v) is 7.93. The number of amides is 1. The predicted octanol–water partition coefficient (Wildman–Crippen LogP) is -0.639. The van der Waals surface area contributed by atoms with E-state index in [1.807, 2.05) is 6.92 Å². The summed E-state index contributed by atoms with van der Waals surface area (Å²) in [7, 11) is 0. The molecule has 1 amide bonds. The molecule has 0 spiro atoms. The first kappa shape index (κ1) is 11.7. The summed E-state index contributed by atoms with van der Waals surface area (Å²) < 4.78 is 0. The van der Waals surface area contributed by atoms with Crippen molar-refractivity contribution in [1.29, 1.82) is 0 Å². The number of carbonyl (C=O) groups excluding carboxylic acids is 1. The van der Waals surface area contributed by atoms with Gasteiger partial charge in [-0.1, -0.05) is 6.92 Å². The average Bonchev–Trinajstić information content (AvgIpc) is 2.65. The van der Waals surface area contributed by atoms with Gasteiger partial charge in [0.15, 0.2) is 0 Å². The lowest BCUT2D eigenvalue weighted by atomic mass is 10.2. The molecular formula is C7H16ClN3O. The molecule has 0 bridgehead atoms. The third kappa shape index (κ3) is 2.97. The van der Waals surface area contributed by atoms with Gasteiger partial charge < -0.3 is 16.8 Å². The second kappa shape index (κ2) is 4.64. The number of nitrogens with two attached hydrogens (primary N) is 2. The highest BCUT2D eigenvalue weighted by Gasteiger charge is 2.35. The Morgan fingerprint density at radius 2 is 2.25 bits per heavy atom. The molecule has 1 aliphatic rings. The van der Waals surface area contributed by atoms with Crippen LogP contribution in [0.1, 0.15) is 19.8 Å². The van der Waals surface area contributed by atoms with Crippen LogP contribution in [0.25, 0.3) is 0 Å². The molecule has 0 aromatic heterocycles. The number of hydrogen-bond acceptors (Lipinski definition) is 3. The summed E-state index contributed by atoms with van der Waals surface area (Å²) in [6.45, 7) is 1.89. The second-order valence-electron chi connectivity index (χ2n) is 3.03. The van der Waals surface area contributed by atoms with Crippen molar-refractivity contribution >= 4 is 18.3 Å². The van der Waals surface area contributed by atoms with Crippen molar-refractivity contribution in [3.63, 3.8) is 0 Å². The zero-order chi connectivity index (χ0) is 8.43. The molecule has 0 radical (unpaired) electrons. The van der Waals surface area contributed by atoms with E-state index < -0.39 is 0 Å². The van der Waals surface area contributed by atoms with E-state index in [9.17, 15) is 4.79 Å². The van der Waals surface area contributed by atoms with E-state index in [4.69, 9.17) is 11.5 Å². The molecular weight excluding hydrogens is 178 g/mol. The van der Waals surface area contributed by atoms with Gasteiger partial charge >= 0.3 is 0 Å². The third-order valence-electron chi connectivity index (χ3n) is 1.94. The fraction of sp³-hybridized carbons (Fsp3) is 0.857. The van der Waals surface area contributed by atoms with Crippen molar-refractivity contribution in [2.45, 2.75) is 37.9 Å². The lowest BCUT2D eigenvalue weighted by molar-refractivity contribution is -0.122. The van der Waals surface area contributed by atoms with E-state index in [1.165, 1.54) is 0 Å². The van der Waals surface area contributed by atoms with Crippen LogP contribution in [0.3, 0.4) is 0 Å². The summed E-state index contributed by atoms with van der Waals surface area (Å²) in [5.41, 5.74) is 11.0. The Labute approximate surface area is 78.5 Å². The van der Waals surface area contributed by atoms with E-state index in [0.717, 1.165) is 6.42 Å². The highest BCUT2D eigenvalue weighted by molar-refractivity contribution is 5.85. The maximum absolute atomic E-state index is 11.1. The monoisotopic (exact) mass is 193 g/mol. The van der Waals surface area contributed by atoms with Gasteiger partial charge in [0, 0.05) is 12.1 Å². The summed E-state index contributed by atoms with van der Waals surface area (Å²) in [5.74, 6) is -0.0783. The minimum Gasteiger partial charge on any atom is -0.350 e. The van der Waals surface area contributed by atoms with Crippen LogP contribution in [-0.2, 0) is 4.79 Å². The summed E-state index contributed by atoms with van der Waals surface area (Å²) in [4.78, 5) is 11.1. The summed E-state index contributed by atoms with van der Waals surface area (Å²) in [5, 5.41) is 2.77. The third-order valence-corrected chi connectivity index (χ3v) is 1.94. The number of hydrogen-bond donors (Lipinski definition) is 3. The largest absolute Gasteiger partial charge is 0.350 e. The Morgan fingerprint density at radius 1 is 1.75 bits per heavy atom. The molecule has 0 saturated heterocycles. The van der Waals surface area contributed by atoms with Crippen LogP contribution in [0.4, 0.5) is 0 Å². The molecule has 0 heterocycles. The molecule has 5 heteroatoms. The van der Waals surface area contributed by atoms with Gasteiger partial charge in [-0.15, -0.1) is 12.4 Å². The Kier molecular flexibility index (Phi) is 4.52. The fourth-order valence-electron chi connectivity index (χ4n) is 0.856. The minimum atomic E-state index is -0.372. The van der Waals surface area contributed by atoms with Crippen molar-refractivity contribution < 1.29 is 4.79 Å². The quantitative estimate of drug-likeness (QED) is 0.558. The molecule has 0 aromatic carbocycles. The van der Waals surface area contributed by atoms with Gasteiger partial charge in [0.05, 0.1) is 6.04 Å². The van der Waals surface area contributed by atoms with Gasteiger partial charge in [-0.25, -0.2) is 0 Å². The molecule has 0 aliphatic heterocycles. The number of nitrogens with one attached hydrogen (secondary N) is 1. The molecule has 1 rings (SSSR count). The molecule has 5 N–H and O–H groups in total. The fourth-order valence-corrected chi connectivity index (χ4v) is 0.856. The molecule has 3 atom stereocenters. The first-order chi connectivity index (χ1) is 5.15. The smallest absolute Gasteiger partial charge is 0.237 e. The normalized spacial score (nSPS) is 28.6. The molecule has 12 heavy (non-hydrogen) atoms. The first-order valence-corrected chi connectivity index (χ1v) is 3.96. The molecule has 1 saturated carbocycles. The van der Waals surface area contributed by atoms with Crippen LogP contribution >= 0.6 is 12.4 Å². The second-order valence-corrected chi connectivity index (χ2v) is 3.03. The van der Waals surface area contributed by atoms with Crippen LogP contribution in [0.15, 0.2) is 0 Å². The van der Waals surface area contributed by atoms with E-state index in [2.05, 4.69) is 5.32 Å².